The Kier molecular flexibility index (Phi) is 7.02. The number of amides is 3. The summed E-state index contributed by atoms with van der Waals surface area (Å²) in [6.07, 6.45) is -1.30. The summed E-state index contributed by atoms with van der Waals surface area (Å²) in [6.45, 7) is 6.10. The zero-order valence-electron chi connectivity index (χ0n) is 21.4. The number of aromatic nitrogens is 1. The van der Waals surface area contributed by atoms with Gasteiger partial charge in [-0.3, -0.25) is 10.1 Å². The van der Waals surface area contributed by atoms with Crippen LogP contribution in [0, 0.1) is 5.82 Å². The van der Waals surface area contributed by atoms with Gasteiger partial charge in [-0.1, -0.05) is 29.0 Å². The molecule has 3 amide bonds. The standard InChI is InChI=1S/C26H26ClFN4O6S/c1-26(2,3)38-24(34)30-23-29-19-15(6-7-17(28)21(19)39-23)14-4-5-16-20(18(14)27)37-11-8-13-12-31(25(35)36)9-10-32(13)22(16)33/h4-7,13H,8-12H2,1-3H3,(H,35,36)(H,29,30,34)/t13-/m0/s1. The van der Waals surface area contributed by atoms with Crippen LogP contribution in [-0.4, -0.2) is 75.9 Å². The predicted molar refractivity (Wildman–Crippen MR) is 144 cm³/mol. The number of ether oxygens (including phenoxy) is 2. The van der Waals surface area contributed by atoms with Crippen molar-refractivity contribution in [2.75, 3.05) is 31.6 Å². The van der Waals surface area contributed by atoms with Crippen molar-refractivity contribution in [1.82, 2.24) is 14.8 Å². The normalized spacial score (nSPS) is 17.6. The monoisotopic (exact) mass is 576 g/mol. The molecule has 1 saturated heterocycles. The number of anilines is 1. The van der Waals surface area contributed by atoms with E-state index >= 15 is 0 Å². The van der Waals surface area contributed by atoms with E-state index in [9.17, 15) is 23.9 Å². The number of benzene rings is 2. The molecule has 13 heteroatoms. The number of hydrogen-bond donors (Lipinski definition) is 2. The molecule has 2 N–H and O–H groups in total. The lowest BCUT2D eigenvalue weighted by atomic mass is 9.99. The van der Waals surface area contributed by atoms with E-state index in [2.05, 4.69) is 10.3 Å². The van der Waals surface area contributed by atoms with Gasteiger partial charge >= 0.3 is 12.2 Å². The number of nitrogens with one attached hydrogen (secondary N) is 1. The lowest BCUT2D eigenvalue weighted by molar-refractivity contribution is 0.0374. The molecular weight excluding hydrogens is 551 g/mol. The smallest absolute Gasteiger partial charge is 0.413 e. The number of carboxylic acid groups (broad SMARTS) is 1. The van der Waals surface area contributed by atoms with Crippen molar-refractivity contribution in [2.45, 2.75) is 38.8 Å². The minimum Gasteiger partial charge on any atom is -0.491 e. The molecule has 0 aliphatic carbocycles. The van der Waals surface area contributed by atoms with E-state index in [1.807, 2.05) is 0 Å². The van der Waals surface area contributed by atoms with Crippen molar-refractivity contribution in [1.29, 1.82) is 0 Å². The molecule has 2 aliphatic rings. The van der Waals surface area contributed by atoms with Crippen molar-refractivity contribution in [2.24, 2.45) is 0 Å². The van der Waals surface area contributed by atoms with Gasteiger partial charge in [-0.25, -0.2) is 19.0 Å². The zero-order chi connectivity index (χ0) is 28.1. The molecular formula is C26H26ClFN4O6S. The molecule has 3 aromatic rings. The highest BCUT2D eigenvalue weighted by Crippen LogP contribution is 2.43. The van der Waals surface area contributed by atoms with E-state index in [0.717, 1.165) is 11.3 Å². The van der Waals surface area contributed by atoms with Gasteiger partial charge in [0, 0.05) is 37.2 Å². The van der Waals surface area contributed by atoms with Gasteiger partial charge in [-0.05, 0) is 39.0 Å². The number of hydrogen-bond acceptors (Lipinski definition) is 7. The second kappa shape index (κ2) is 10.2. The molecule has 2 aromatic carbocycles. The van der Waals surface area contributed by atoms with Crippen LogP contribution in [0.25, 0.3) is 21.3 Å². The van der Waals surface area contributed by atoms with Crippen molar-refractivity contribution in [3.63, 3.8) is 0 Å². The van der Waals surface area contributed by atoms with Crippen LogP contribution in [-0.2, 0) is 4.74 Å². The lowest BCUT2D eigenvalue weighted by Gasteiger charge is -2.41. The summed E-state index contributed by atoms with van der Waals surface area (Å²) in [5.74, 6) is -0.600. The minimum absolute atomic E-state index is 0.158. The van der Waals surface area contributed by atoms with Crippen LogP contribution in [0.1, 0.15) is 37.6 Å². The zero-order valence-corrected chi connectivity index (χ0v) is 23.0. The first-order valence-electron chi connectivity index (χ1n) is 12.3. The summed E-state index contributed by atoms with van der Waals surface area (Å²) in [5, 5.41) is 12.2. The average molecular weight is 577 g/mol. The van der Waals surface area contributed by atoms with Gasteiger partial charge < -0.3 is 24.4 Å². The third kappa shape index (κ3) is 5.30. The Morgan fingerprint density at radius 3 is 2.64 bits per heavy atom. The third-order valence-electron chi connectivity index (χ3n) is 6.43. The van der Waals surface area contributed by atoms with Gasteiger partial charge in [0.2, 0.25) is 0 Å². The molecule has 2 aliphatic heterocycles. The second-order valence-corrected chi connectivity index (χ2v) is 11.6. The van der Waals surface area contributed by atoms with Crippen LogP contribution < -0.4 is 10.1 Å². The number of piperazine rings is 1. The summed E-state index contributed by atoms with van der Waals surface area (Å²) in [6, 6.07) is 5.77. The maximum absolute atomic E-state index is 14.7. The van der Waals surface area contributed by atoms with Crippen LogP contribution in [0.15, 0.2) is 24.3 Å². The molecule has 5 rings (SSSR count). The first-order chi connectivity index (χ1) is 18.4. The molecule has 10 nitrogen and oxygen atoms in total. The molecule has 0 spiro atoms. The van der Waals surface area contributed by atoms with E-state index in [0.29, 0.717) is 17.5 Å². The number of nitrogens with zero attached hydrogens (tertiary/aromatic N) is 3. The van der Waals surface area contributed by atoms with Gasteiger partial charge in [0.25, 0.3) is 5.91 Å². The van der Waals surface area contributed by atoms with Gasteiger partial charge in [0.15, 0.2) is 10.9 Å². The van der Waals surface area contributed by atoms with Crippen LogP contribution in [0.3, 0.4) is 0 Å². The molecule has 1 atom stereocenters. The molecule has 0 saturated carbocycles. The summed E-state index contributed by atoms with van der Waals surface area (Å²) in [4.78, 5) is 44.5. The highest BCUT2D eigenvalue weighted by molar-refractivity contribution is 7.22. The number of carbonyl (C=O) groups is 3. The Labute approximate surface area is 232 Å². The van der Waals surface area contributed by atoms with Gasteiger partial charge in [-0.2, -0.15) is 0 Å². The highest BCUT2D eigenvalue weighted by atomic mass is 35.5. The van der Waals surface area contributed by atoms with Crippen LogP contribution >= 0.6 is 22.9 Å². The maximum atomic E-state index is 14.7. The van der Waals surface area contributed by atoms with Gasteiger partial charge in [-0.15, -0.1) is 0 Å². The third-order valence-corrected chi connectivity index (χ3v) is 7.79. The maximum Gasteiger partial charge on any atom is 0.413 e. The number of carbonyl (C=O) groups excluding carboxylic acids is 2. The summed E-state index contributed by atoms with van der Waals surface area (Å²) in [7, 11) is 0. The number of thiazole rings is 1. The molecule has 39 heavy (non-hydrogen) atoms. The summed E-state index contributed by atoms with van der Waals surface area (Å²) < 4.78 is 26.2. The molecule has 0 bridgehead atoms. The molecule has 0 radical (unpaired) electrons. The number of halogens is 2. The lowest BCUT2D eigenvalue weighted by Crippen LogP contribution is -2.57. The summed E-state index contributed by atoms with van der Waals surface area (Å²) >= 11 is 7.77. The topological polar surface area (TPSA) is 121 Å². The van der Waals surface area contributed by atoms with Crippen molar-refractivity contribution >= 4 is 56.4 Å². The molecule has 0 unspecified atom stereocenters. The van der Waals surface area contributed by atoms with Gasteiger partial charge in [0.1, 0.15) is 11.4 Å². The molecule has 1 fully saturated rings. The highest BCUT2D eigenvalue weighted by Gasteiger charge is 2.36. The number of fused-ring (bicyclic) bond motifs is 3. The first kappa shape index (κ1) is 26.9. The van der Waals surface area contributed by atoms with E-state index in [4.69, 9.17) is 21.1 Å². The molecule has 1 aromatic heterocycles. The first-order valence-corrected chi connectivity index (χ1v) is 13.5. The Hall–Kier alpha value is -3.64. The fraction of sp³-hybridized carbons (Fsp3) is 0.385. The largest absolute Gasteiger partial charge is 0.491 e. The van der Waals surface area contributed by atoms with Crippen LogP contribution in [0.5, 0.6) is 5.75 Å². The fourth-order valence-electron chi connectivity index (χ4n) is 4.71. The van der Waals surface area contributed by atoms with Crippen LogP contribution in [0.2, 0.25) is 5.02 Å². The van der Waals surface area contributed by atoms with E-state index in [-0.39, 0.29) is 69.9 Å². The Morgan fingerprint density at radius 1 is 1.21 bits per heavy atom. The second-order valence-electron chi connectivity index (χ2n) is 10.2. The average Bonchev–Trinajstić information content (AvgIpc) is 3.27. The number of rotatable bonds is 2. The quantitative estimate of drug-likeness (QED) is 0.402. The Morgan fingerprint density at radius 2 is 1.92 bits per heavy atom. The fourth-order valence-corrected chi connectivity index (χ4v) is 5.91. The minimum atomic E-state index is -1.02. The van der Waals surface area contributed by atoms with Crippen LogP contribution in [0.4, 0.5) is 19.1 Å². The molecule has 206 valence electrons. The molecule has 3 heterocycles. The van der Waals surface area contributed by atoms with Crippen molar-refractivity contribution < 1.29 is 33.4 Å². The van der Waals surface area contributed by atoms with E-state index < -0.39 is 23.6 Å². The van der Waals surface area contributed by atoms with Crippen molar-refractivity contribution in [3.8, 4) is 16.9 Å². The van der Waals surface area contributed by atoms with E-state index in [1.54, 1.807) is 37.8 Å². The Bertz CT molecular complexity index is 1490. The Balaban J connectivity index is 1.50. The predicted octanol–water partition coefficient (Wildman–Crippen LogP) is 5.69. The van der Waals surface area contributed by atoms with E-state index in [1.165, 1.54) is 17.0 Å². The van der Waals surface area contributed by atoms with Gasteiger partial charge in [0.05, 0.1) is 33.5 Å². The van der Waals surface area contributed by atoms with Crippen molar-refractivity contribution in [3.05, 3.63) is 40.7 Å². The summed E-state index contributed by atoms with van der Waals surface area (Å²) in [5.41, 5.74) is 0.817. The SMILES string of the molecule is CC(C)(C)OC(=O)Nc1nc2c(-c3ccc4c(c3Cl)OCC[C@H]3CN(C(=O)O)CCN3C4=O)ccc(F)c2s1.